The molecule has 1 fully saturated rings. The van der Waals surface area contributed by atoms with E-state index in [0.717, 1.165) is 23.7 Å². The van der Waals surface area contributed by atoms with E-state index in [1.54, 1.807) is 12.1 Å². The van der Waals surface area contributed by atoms with E-state index in [2.05, 4.69) is 0 Å². The van der Waals surface area contributed by atoms with Crippen LogP contribution in [0, 0.1) is 10.1 Å². The van der Waals surface area contributed by atoms with E-state index in [-0.39, 0.29) is 17.7 Å². The summed E-state index contributed by atoms with van der Waals surface area (Å²) in [6.45, 7) is 4.02. The number of benzene rings is 2. The number of ether oxygens (including phenoxy) is 1. The maximum atomic E-state index is 12.9. The van der Waals surface area contributed by atoms with Crippen LogP contribution in [0.1, 0.15) is 25.8 Å². The molecule has 1 saturated heterocycles. The number of non-ortho nitro benzene ring substituents is 1. The molecule has 1 aliphatic heterocycles. The van der Waals surface area contributed by atoms with Gasteiger partial charge in [-0.2, -0.15) is 0 Å². The summed E-state index contributed by atoms with van der Waals surface area (Å²) in [6, 6.07) is 13.4. The largest absolute Gasteiger partial charge is 0.490 e. The molecule has 6 nitrogen and oxygen atoms in total. The van der Waals surface area contributed by atoms with E-state index < -0.39 is 4.92 Å². The summed E-state index contributed by atoms with van der Waals surface area (Å²) in [5, 5.41) is 11.0. The van der Waals surface area contributed by atoms with Gasteiger partial charge in [-0.05, 0) is 31.6 Å². The van der Waals surface area contributed by atoms with Gasteiger partial charge >= 0.3 is 0 Å². The number of thiocarbonyl (C=S) groups is 1. The van der Waals surface area contributed by atoms with Gasteiger partial charge in [0.1, 0.15) is 5.75 Å². The number of para-hydroxylation sites is 1. The molecule has 144 valence electrons. The zero-order valence-corrected chi connectivity index (χ0v) is 17.0. The van der Waals surface area contributed by atoms with Crippen LogP contribution in [0.5, 0.6) is 5.75 Å². The highest BCUT2D eigenvalue weighted by atomic mass is 32.2. The Morgan fingerprint density at radius 2 is 2.04 bits per heavy atom. The first-order chi connectivity index (χ1) is 13.4. The molecule has 0 unspecified atom stereocenters. The predicted molar refractivity (Wildman–Crippen MR) is 116 cm³/mol. The van der Waals surface area contributed by atoms with Gasteiger partial charge in [0, 0.05) is 17.7 Å². The molecule has 8 heteroatoms. The lowest BCUT2D eigenvalue weighted by molar-refractivity contribution is -0.384. The summed E-state index contributed by atoms with van der Waals surface area (Å²) in [7, 11) is 0. The van der Waals surface area contributed by atoms with Gasteiger partial charge in [0.25, 0.3) is 11.6 Å². The van der Waals surface area contributed by atoms with Gasteiger partial charge in [-0.25, -0.2) is 0 Å². The Labute approximate surface area is 172 Å². The number of thioether (sulfide) groups is 1. The van der Waals surface area contributed by atoms with Crippen LogP contribution in [0.15, 0.2) is 53.4 Å². The molecule has 3 rings (SSSR count). The van der Waals surface area contributed by atoms with Crippen LogP contribution in [0.3, 0.4) is 0 Å². The number of nitro benzene ring substituents is 1. The minimum atomic E-state index is -0.501. The number of carbonyl (C=O) groups is 1. The first-order valence-corrected chi connectivity index (χ1v) is 9.91. The lowest BCUT2D eigenvalue weighted by Crippen LogP contribution is -2.27. The molecule has 1 amide bonds. The quantitative estimate of drug-likeness (QED) is 0.281. The molecule has 0 saturated carbocycles. The second-order valence-electron chi connectivity index (χ2n) is 6.17. The summed E-state index contributed by atoms with van der Waals surface area (Å²) in [5.41, 5.74) is 1.06. The molecule has 0 bridgehead atoms. The van der Waals surface area contributed by atoms with Crippen molar-refractivity contribution in [2.75, 3.05) is 4.90 Å². The van der Waals surface area contributed by atoms with Crippen LogP contribution >= 0.6 is 24.0 Å². The number of rotatable bonds is 6. The zero-order valence-electron chi connectivity index (χ0n) is 15.3. The van der Waals surface area contributed by atoms with Gasteiger partial charge in [-0.1, -0.05) is 55.2 Å². The third-order valence-corrected chi connectivity index (χ3v) is 5.50. The first-order valence-electron chi connectivity index (χ1n) is 8.68. The van der Waals surface area contributed by atoms with Gasteiger partial charge in [0.15, 0.2) is 4.32 Å². The van der Waals surface area contributed by atoms with Crippen molar-refractivity contribution in [3.05, 3.63) is 69.1 Å². The Morgan fingerprint density at radius 3 is 2.75 bits per heavy atom. The third kappa shape index (κ3) is 4.23. The van der Waals surface area contributed by atoms with Crippen LogP contribution in [0.2, 0.25) is 0 Å². The maximum Gasteiger partial charge on any atom is 0.271 e. The van der Waals surface area contributed by atoms with Crippen molar-refractivity contribution in [3.8, 4) is 5.75 Å². The Balaban J connectivity index is 1.92. The highest BCUT2D eigenvalue weighted by Crippen LogP contribution is 2.38. The van der Waals surface area contributed by atoms with E-state index in [4.69, 9.17) is 17.0 Å². The topological polar surface area (TPSA) is 72.7 Å². The molecule has 28 heavy (non-hydrogen) atoms. The Kier molecular flexibility index (Phi) is 6.11. The predicted octanol–water partition coefficient (Wildman–Crippen LogP) is 5.18. The summed E-state index contributed by atoms with van der Waals surface area (Å²) in [4.78, 5) is 25.2. The second-order valence-corrected chi connectivity index (χ2v) is 7.84. The molecule has 0 spiro atoms. The van der Waals surface area contributed by atoms with E-state index in [9.17, 15) is 14.9 Å². The standard InChI is InChI=1S/C20H18N2O4S2/c1-3-13(2)26-17-10-5-4-7-14(17)11-18-19(23)21(20(27)28-18)15-8-6-9-16(12-15)22(24)25/h4-13H,3H2,1-2H3/b18-11-/t13-/m0/s1. The Bertz CT molecular complexity index is 974. The minimum absolute atomic E-state index is 0.0499. The van der Waals surface area contributed by atoms with Gasteiger partial charge in [0.2, 0.25) is 0 Å². The van der Waals surface area contributed by atoms with Gasteiger partial charge in [-0.3, -0.25) is 19.8 Å². The third-order valence-electron chi connectivity index (χ3n) is 4.20. The number of anilines is 1. The summed E-state index contributed by atoms with van der Waals surface area (Å²) < 4.78 is 6.26. The maximum absolute atomic E-state index is 12.9. The van der Waals surface area contributed by atoms with Crippen LogP contribution < -0.4 is 9.64 Å². The highest BCUT2D eigenvalue weighted by Gasteiger charge is 2.34. The number of hydrogen-bond acceptors (Lipinski definition) is 6. The molecule has 1 aliphatic rings. The molecular weight excluding hydrogens is 396 g/mol. The Morgan fingerprint density at radius 1 is 1.29 bits per heavy atom. The fourth-order valence-electron chi connectivity index (χ4n) is 2.58. The summed E-state index contributed by atoms with van der Waals surface area (Å²) >= 11 is 6.51. The number of nitro groups is 1. The fraction of sp³-hybridized carbons (Fsp3) is 0.200. The fourth-order valence-corrected chi connectivity index (χ4v) is 3.87. The summed E-state index contributed by atoms with van der Waals surface area (Å²) in [5.74, 6) is 0.381. The van der Waals surface area contributed by atoms with Crippen molar-refractivity contribution in [2.45, 2.75) is 26.4 Å². The summed E-state index contributed by atoms with van der Waals surface area (Å²) in [6.07, 6.45) is 2.66. The van der Waals surface area contributed by atoms with Crippen molar-refractivity contribution in [2.24, 2.45) is 0 Å². The molecule has 1 heterocycles. The number of amides is 1. The average Bonchev–Trinajstić information content (AvgIpc) is 2.96. The molecule has 0 aromatic heterocycles. The van der Waals surface area contributed by atoms with E-state index in [1.807, 2.05) is 38.1 Å². The van der Waals surface area contributed by atoms with Crippen LogP contribution in [-0.4, -0.2) is 21.3 Å². The lowest BCUT2D eigenvalue weighted by atomic mass is 10.1. The van der Waals surface area contributed by atoms with E-state index in [0.29, 0.717) is 20.7 Å². The highest BCUT2D eigenvalue weighted by molar-refractivity contribution is 8.27. The average molecular weight is 415 g/mol. The van der Waals surface area contributed by atoms with Crippen molar-refractivity contribution in [1.29, 1.82) is 0 Å². The van der Waals surface area contributed by atoms with Gasteiger partial charge in [0.05, 0.1) is 21.6 Å². The zero-order chi connectivity index (χ0) is 20.3. The smallest absolute Gasteiger partial charge is 0.271 e. The molecule has 0 aliphatic carbocycles. The molecule has 0 N–H and O–H groups in total. The number of nitrogens with zero attached hydrogens (tertiary/aromatic N) is 2. The molecular formula is C20H18N2O4S2. The van der Waals surface area contributed by atoms with Crippen molar-refractivity contribution >= 4 is 51.7 Å². The SMILES string of the molecule is CC[C@H](C)Oc1ccccc1/C=C1\SC(=S)N(c2cccc([N+](=O)[O-])c2)C1=O. The lowest BCUT2D eigenvalue weighted by Gasteiger charge is -2.15. The molecule has 2 aromatic carbocycles. The van der Waals surface area contributed by atoms with Crippen molar-refractivity contribution in [1.82, 2.24) is 0 Å². The van der Waals surface area contributed by atoms with Crippen molar-refractivity contribution < 1.29 is 14.5 Å². The van der Waals surface area contributed by atoms with Crippen LogP contribution in [-0.2, 0) is 4.79 Å². The first kappa shape index (κ1) is 20.0. The second kappa shape index (κ2) is 8.53. The number of carbonyl (C=O) groups excluding carboxylic acids is 1. The monoisotopic (exact) mass is 414 g/mol. The van der Waals surface area contributed by atoms with Crippen molar-refractivity contribution in [3.63, 3.8) is 0 Å². The molecule has 2 aromatic rings. The van der Waals surface area contributed by atoms with Gasteiger partial charge < -0.3 is 4.74 Å². The molecule has 0 radical (unpaired) electrons. The molecule has 1 atom stereocenters. The van der Waals surface area contributed by atoms with Crippen LogP contribution in [0.4, 0.5) is 11.4 Å². The van der Waals surface area contributed by atoms with Crippen LogP contribution in [0.25, 0.3) is 6.08 Å². The van der Waals surface area contributed by atoms with Gasteiger partial charge in [-0.15, -0.1) is 0 Å². The normalized spacial score (nSPS) is 16.5. The Hall–Kier alpha value is -2.71. The van der Waals surface area contributed by atoms with E-state index in [1.165, 1.54) is 23.1 Å². The minimum Gasteiger partial charge on any atom is -0.490 e. The van der Waals surface area contributed by atoms with E-state index >= 15 is 0 Å². The number of hydrogen-bond donors (Lipinski definition) is 0.